The largest absolute Gasteiger partial charge is 0.493 e. The lowest BCUT2D eigenvalue weighted by Crippen LogP contribution is -2.22. The molecule has 4 aromatic rings. The summed E-state index contributed by atoms with van der Waals surface area (Å²) in [5.41, 5.74) is 5.01. The highest BCUT2D eigenvalue weighted by Crippen LogP contribution is 2.50. The van der Waals surface area contributed by atoms with Crippen LogP contribution < -0.4 is 28.4 Å². The molecular weight excluding hydrogens is 560 g/mol. The summed E-state index contributed by atoms with van der Waals surface area (Å²) >= 11 is 0. The fourth-order valence-electron chi connectivity index (χ4n) is 6.04. The van der Waals surface area contributed by atoms with Crippen molar-refractivity contribution in [1.29, 1.82) is 0 Å². The lowest BCUT2D eigenvalue weighted by Gasteiger charge is -2.27. The molecule has 0 aliphatic carbocycles. The molecule has 8 nitrogen and oxygen atoms in total. The van der Waals surface area contributed by atoms with Crippen molar-refractivity contribution >= 4 is 17.8 Å². The Labute approximate surface area is 254 Å². The zero-order chi connectivity index (χ0) is 30.2. The molecule has 3 aliphatic rings. The first kappa shape index (κ1) is 27.6. The third kappa shape index (κ3) is 5.02. The Kier molecular flexibility index (Phi) is 7.18. The van der Waals surface area contributed by atoms with Crippen LogP contribution in [0, 0.1) is 0 Å². The first-order valence-electron chi connectivity index (χ1n) is 14.5. The Hall–Kier alpha value is -5.24. The van der Waals surface area contributed by atoms with Gasteiger partial charge in [0.05, 0.1) is 39.4 Å². The highest BCUT2D eigenvalue weighted by molar-refractivity contribution is 6.15. The first-order chi connectivity index (χ1) is 21.5. The molecule has 8 heteroatoms. The number of ether oxygens (including phenoxy) is 6. The average Bonchev–Trinajstić information content (AvgIpc) is 3.64. The predicted molar refractivity (Wildman–Crippen MR) is 162 cm³/mol. The van der Waals surface area contributed by atoms with Crippen molar-refractivity contribution in [2.24, 2.45) is 0 Å². The number of hydrogen-bond donors (Lipinski definition) is 0. The van der Waals surface area contributed by atoms with Crippen LogP contribution in [0.2, 0.25) is 0 Å². The predicted octanol–water partition coefficient (Wildman–Crippen LogP) is 6.32. The Bertz CT molecular complexity index is 1820. The molecule has 0 N–H and O–H groups in total. The van der Waals surface area contributed by atoms with E-state index in [-0.39, 0.29) is 23.9 Å². The third-order valence-electron chi connectivity index (χ3n) is 8.18. The van der Waals surface area contributed by atoms with Crippen LogP contribution in [-0.4, -0.2) is 39.2 Å². The molecule has 0 aromatic heterocycles. The fourth-order valence-corrected chi connectivity index (χ4v) is 6.04. The normalized spacial score (nSPS) is 17.2. The number of esters is 1. The lowest BCUT2D eigenvalue weighted by atomic mass is 9.84. The van der Waals surface area contributed by atoms with Crippen LogP contribution in [0.4, 0.5) is 0 Å². The molecule has 44 heavy (non-hydrogen) atoms. The van der Waals surface area contributed by atoms with Crippen LogP contribution in [0.25, 0.3) is 6.08 Å². The summed E-state index contributed by atoms with van der Waals surface area (Å²) in [6.07, 6.45) is 3.40. The molecule has 1 atom stereocenters. The second-order valence-electron chi connectivity index (χ2n) is 10.8. The standard InChI is InChI=1S/C36H30O8/c1-39-29-11-8-22(18-31(29)40-2)19-32-35(38)25-9-12-30-34(36(25)44-32)26(20-33(37)43-30)24-5-3-4-6-28(24)42-15-13-21-7-10-27-23(17-21)14-16-41-27/h3-12,17-19,26H,13-16,20H2,1-2H3/b32-19-/t26-/m1/s1. The minimum absolute atomic E-state index is 0.0843. The number of carbonyl (C=O) groups excluding carboxylic acids is 2. The molecular formula is C36H30O8. The maximum atomic E-state index is 13.5. The molecule has 0 spiro atoms. The van der Waals surface area contributed by atoms with Gasteiger partial charge in [0.2, 0.25) is 5.78 Å². The van der Waals surface area contributed by atoms with Crippen molar-refractivity contribution in [3.05, 3.63) is 112 Å². The van der Waals surface area contributed by atoms with Gasteiger partial charge in [0.15, 0.2) is 17.3 Å². The van der Waals surface area contributed by atoms with Crippen LogP contribution in [-0.2, 0) is 17.6 Å². The topological polar surface area (TPSA) is 89.5 Å². The van der Waals surface area contributed by atoms with Gasteiger partial charge in [-0.05, 0) is 59.2 Å². The van der Waals surface area contributed by atoms with E-state index in [1.165, 1.54) is 11.1 Å². The Balaban J connectivity index is 1.18. The van der Waals surface area contributed by atoms with Gasteiger partial charge in [0.1, 0.15) is 23.0 Å². The zero-order valence-electron chi connectivity index (χ0n) is 24.4. The average molecular weight is 591 g/mol. The van der Waals surface area contributed by atoms with E-state index in [0.29, 0.717) is 52.0 Å². The smallest absolute Gasteiger partial charge is 0.312 e. The second-order valence-corrected chi connectivity index (χ2v) is 10.8. The van der Waals surface area contributed by atoms with Gasteiger partial charge in [-0.25, -0.2) is 0 Å². The van der Waals surface area contributed by atoms with Crippen molar-refractivity contribution in [3.8, 4) is 34.5 Å². The van der Waals surface area contributed by atoms with Crippen LogP contribution in [0.3, 0.4) is 0 Å². The van der Waals surface area contributed by atoms with Gasteiger partial charge in [0, 0.05) is 29.9 Å². The van der Waals surface area contributed by atoms with Gasteiger partial charge < -0.3 is 28.4 Å². The van der Waals surface area contributed by atoms with Crippen LogP contribution in [0.5, 0.6) is 34.5 Å². The van der Waals surface area contributed by atoms with Crippen LogP contribution in [0.15, 0.2) is 78.6 Å². The van der Waals surface area contributed by atoms with E-state index < -0.39 is 5.92 Å². The van der Waals surface area contributed by atoms with Crippen LogP contribution >= 0.6 is 0 Å². The summed E-state index contributed by atoms with van der Waals surface area (Å²) in [5.74, 6) is 2.65. The number of methoxy groups -OCH3 is 2. The summed E-state index contributed by atoms with van der Waals surface area (Å²) in [6.45, 7) is 1.18. The lowest BCUT2D eigenvalue weighted by molar-refractivity contribution is -0.135. The van der Waals surface area contributed by atoms with E-state index in [2.05, 4.69) is 12.1 Å². The molecule has 4 aromatic carbocycles. The molecule has 0 radical (unpaired) electrons. The molecule has 0 unspecified atom stereocenters. The SMILES string of the molecule is COc1ccc(/C=C2\Oc3c(ccc4c3[C@@H](c3ccccc3OCCc3ccc5c(c3)CCO5)CC(=O)O4)C2=O)cc1OC. The van der Waals surface area contributed by atoms with Gasteiger partial charge in [-0.15, -0.1) is 0 Å². The zero-order valence-corrected chi connectivity index (χ0v) is 24.4. The van der Waals surface area contributed by atoms with E-state index in [1.54, 1.807) is 44.6 Å². The van der Waals surface area contributed by atoms with Gasteiger partial charge in [-0.3, -0.25) is 9.59 Å². The third-order valence-corrected chi connectivity index (χ3v) is 8.18. The Morgan fingerprint density at radius 2 is 1.70 bits per heavy atom. The number of ketones is 1. The number of para-hydroxylation sites is 1. The molecule has 0 amide bonds. The van der Waals surface area contributed by atoms with Crippen molar-refractivity contribution in [2.45, 2.75) is 25.2 Å². The van der Waals surface area contributed by atoms with E-state index in [0.717, 1.165) is 30.8 Å². The van der Waals surface area contributed by atoms with Gasteiger partial charge in [-0.1, -0.05) is 36.4 Å². The monoisotopic (exact) mass is 590 g/mol. The highest BCUT2D eigenvalue weighted by Gasteiger charge is 2.39. The van der Waals surface area contributed by atoms with E-state index >= 15 is 0 Å². The number of rotatable bonds is 8. The summed E-state index contributed by atoms with van der Waals surface area (Å²) in [6, 6.07) is 22.6. The molecule has 3 aliphatic heterocycles. The maximum absolute atomic E-state index is 13.5. The van der Waals surface area contributed by atoms with Crippen molar-refractivity contribution < 1.29 is 38.0 Å². The second kappa shape index (κ2) is 11.4. The summed E-state index contributed by atoms with van der Waals surface area (Å²) < 4.78 is 34.6. The Morgan fingerprint density at radius 1 is 0.864 bits per heavy atom. The van der Waals surface area contributed by atoms with E-state index in [1.807, 2.05) is 36.4 Å². The molecule has 7 rings (SSSR count). The molecule has 3 heterocycles. The number of Topliss-reactive ketones (excluding diaryl/α,β-unsaturated/α-hetero) is 1. The minimum Gasteiger partial charge on any atom is -0.493 e. The van der Waals surface area contributed by atoms with E-state index in [4.69, 9.17) is 28.4 Å². The van der Waals surface area contributed by atoms with Crippen LogP contribution in [0.1, 0.15) is 50.5 Å². The number of fused-ring (bicyclic) bond motifs is 4. The highest BCUT2D eigenvalue weighted by atomic mass is 16.5. The summed E-state index contributed by atoms with van der Waals surface area (Å²) in [4.78, 5) is 26.3. The van der Waals surface area contributed by atoms with E-state index in [9.17, 15) is 9.59 Å². The maximum Gasteiger partial charge on any atom is 0.312 e. The van der Waals surface area contributed by atoms with Gasteiger partial charge >= 0.3 is 5.97 Å². The minimum atomic E-state index is -0.428. The molecule has 222 valence electrons. The number of carbonyl (C=O) groups is 2. The fraction of sp³-hybridized carbons (Fsp3) is 0.222. The summed E-state index contributed by atoms with van der Waals surface area (Å²) in [5, 5.41) is 0. The van der Waals surface area contributed by atoms with Gasteiger partial charge in [-0.2, -0.15) is 0 Å². The van der Waals surface area contributed by atoms with Crippen molar-refractivity contribution in [3.63, 3.8) is 0 Å². The molecule has 0 bridgehead atoms. The number of allylic oxidation sites excluding steroid dienone is 1. The van der Waals surface area contributed by atoms with Gasteiger partial charge in [0.25, 0.3) is 0 Å². The summed E-state index contributed by atoms with van der Waals surface area (Å²) in [7, 11) is 3.12. The molecule has 0 fully saturated rings. The molecule has 0 saturated heterocycles. The Morgan fingerprint density at radius 3 is 2.57 bits per heavy atom. The number of benzene rings is 4. The number of hydrogen-bond acceptors (Lipinski definition) is 8. The first-order valence-corrected chi connectivity index (χ1v) is 14.5. The van der Waals surface area contributed by atoms with Crippen molar-refractivity contribution in [2.75, 3.05) is 27.4 Å². The molecule has 0 saturated carbocycles. The van der Waals surface area contributed by atoms with Crippen molar-refractivity contribution in [1.82, 2.24) is 0 Å². The quantitative estimate of drug-likeness (QED) is 0.134.